The third-order valence-corrected chi connectivity index (χ3v) is 8.42. The number of hydrogen-bond acceptors (Lipinski definition) is 5. The number of rotatable bonds is 6. The zero-order valence-electron chi connectivity index (χ0n) is 22.5. The normalized spacial score (nSPS) is 20.7. The summed E-state index contributed by atoms with van der Waals surface area (Å²) in [6.45, 7) is 2.46. The molecule has 0 spiro atoms. The van der Waals surface area contributed by atoms with Gasteiger partial charge in [-0.15, -0.1) is 0 Å². The molecule has 1 unspecified atom stereocenters. The van der Waals surface area contributed by atoms with Gasteiger partial charge in [0, 0.05) is 47.9 Å². The van der Waals surface area contributed by atoms with Crippen LogP contribution < -0.4 is 4.74 Å². The van der Waals surface area contributed by atoms with Crippen molar-refractivity contribution in [2.75, 3.05) is 19.6 Å². The molecule has 1 atom stereocenters. The number of ether oxygens (including phenoxy) is 1. The maximum Gasteiger partial charge on any atom is 0.335 e. The molecular formula is C34H31ClN2O4. The molecule has 0 radical (unpaired) electrons. The zero-order valence-corrected chi connectivity index (χ0v) is 23.3. The van der Waals surface area contributed by atoms with Gasteiger partial charge in [-0.3, -0.25) is 0 Å². The van der Waals surface area contributed by atoms with Gasteiger partial charge in [0.05, 0.1) is 11.2 Å². The van der Waals surface area contributed by atoms with Crippen molar-refractivity contribution >= 4 is 23.1 Å². The minimum Gasteiger partial charge on any atom is -0.478 e. The highest BCUT2D eigenvalue weighted by Crippen LogP contribution is 2.42. The standard InChI is InChI=1S/C34H31ClN2O4/c35-25-14-12-24(13-15-25)34(40)16-20-37(21-17-34)19-5-6-23-22-30-28(27-7-1-2-8-29(27)33(38)39)9-3-11-31(30)41-32-26(23)10-4-18-36-32/h1-4,6-15,18,22,28,40H,5,16-17,19-21H2,(H,38,39). The summed E-state index contributed by atoms with van der Waals surface area (Å²) in [4.78, 5) is 18.9. The number of nitrogens with zero attached hydrogens (tertiary/aromatic N) is 2. The molecule has 6 nitrogen and oxygen atoms in total. The number of pyridine rings is 1. The summed E-state index contributed by atoms with van der Waals surface area (Å²) in [6, 6.07) is 18.5. The SMILES string of the molecule is O=C(O)c1ccccc1C1C=CC=C2Oc3ncccc3C(=CCCN3CCC(O)(c4ccc(Cl)cc4)CC3)C=C21. The quantitative estimate of drug-likeness (QED) is 0.343. The maximum atomic E-state index is 12.0. The van der Waals surface area contributed by atoms with Crippen LogP contribution in [0.4, 0.5) is 0 Å². The summed E-state index contributed by atoms with van der Waals surface area (Å²) in [6.07, 6.45) is 14.0. The average Bonchev–Trinajstić information content (AvgIpc) is 3.15. The first kappa shape index (κ1) is 27.2. The van der Waals surface area contributed by atoms with Crippen molar-refractivity contribution < 1.29 is 19.7 Å². The number of fused-ring (bicyclic) bond motifs is 2. The van der Waals surface area contributed by atoms with Crippen molar-refractivity contribution in [3.05, 3.63) is 136 Å². The lowest BCUT2D eigenvalue weighted by Gasteiger charge is -2.38. The second-order valence-electron chi connectivity index (χ2n) is 10.7. The van der Waals surface area contributed by atoms with Gasteiger partial charge in [0.1, 0.15) is 5.76 Å². The number of halogens is 1. The Morgan fingerprint density at radius 3 is 2.66 bits per heavy atom. The summed E-state index contributed by atoms with van der Waals surface area (Å²) in [5.74, 6) is -0.0283. The Labute approximate surface area is 244 Å². The number of aromatic nitrogens is 1. The van der Waals surface area contributed by atoms with E-state index in [1.165, 1.54) is 0 Å². The van der Waals surface area contributed by atoms with Crippen LogP contribution in [0.3, 0.4) is 0 Å². The molecule has 2 aliphatic heterocycles. The predicted octanol–water partition coefficient (Wildman–Crippen LogP) is 6.75. The van der Waals surface area contributed by atoms with Gasteiger partial charge in [-0.1, -0.05) is 60.2 Å². The topological polar surface area (TPSA) is 82.9 Å². The Bertz CT molecular complexity index is 1580. The highest BCUT2D eigenvalue weighted by atomic mass is 35.5. The molecule has 7 heteroatoms. The highest BCUT2D eigenvalue weighted by molar-refractivity contribution is 6.30. The second kappa shape index (κ2) is 11.5. The molecule has 3 aromatic rings. The molecular weight excluding hydrogens is 536 g/mol. The first-order valence-corrected chi connectivity index (χ1v) is 14.3. The maximum absolute atomic E-state index is 12.0. The molecule has 0 saturated carbocycles. The number of carbonyl (C=O) groups is 1. The number of aromatic carboxylic acids is 1. The number of aliphatic hydroxyl groups is 1. The summed E-state index contributed by atoms with van der Waals surface area (Å²) >= 11 is 6.04. The van der Waals surface area contributed by atoms with Crippen LogP contribution in [-0.4, -0.2) is 45.7 Å². The largest absolute Gasteiger partial charge is 0.478 e. The van der Waals surface area contributed by atoms with E-state index in [9.17, 15) is 15.0 Å². The lowest BCUT2D eigenvalue weighted by atomic mass is 9.83. The third-order valence-electron chi connectivity index (χ3n) is 8.17. The van der Waals surface area contributed by atoms with Gasteiger partial charge in [0.15, 0.2) is 0 Å². The summed E-state index contributed by atoms with van der Waals surface area (Å²) in [7, 11) is 0. The van der Waals surface area contributed by atoms with Gasteiger partial charge < -0.3 is 19.8 Å². The average molecular weight is 567 g/mol. The van der Waals surface area contributed by atoms with Gasteiger partial charge in [-0.2, -0.15) is 0 Å². The van der Waals surface area contributed by atoms with Gasteiger partial charge in [0.25, 0.3) is 0 Å². The van der Waals surface area contributed by atoms with Crippen molar-refractivity contribution in [1.82, 2.24) is 9.88 Å². The number of carboxylic acid groups (broad SMARTS) is 1. The predicted molar refractivity (Wildman–Crippen MR) is 160 cm³/mol. The minimum absolute atomic E-state index is 0.271. The summed E-state index contributed by atoms with van der Waals surface area (Å²) < 4.78 is 6.31. The van der Waals surface area contributed by atoms with E-state index < -0.39 is 11.6 Å². The molecule has 3 aliphatic rings. The fourth-order valence-corrected chi connectivity index (χ4v) is 6.03. The van der Waals surface area contributed by atoms with E-state index >= 15 is 0 Å². The van der Waals surface area contributed by atoms with Gasteiger partial charge >= 0.3 is 5.97 Å². The van der Waals surface area contributed by atoms with E-state index in [-0.39, 0.29) is 11.5 Å². The monoisotopic (exact) mass is 566 g/mol. The molecule has 41 heavy (non-hydrogen) atoms. The first-order chi connectivity index (χ1) is 19.9. The van der Waals surface area contributed by atoms with E-state index in [2.05, 4.69) is 22.0 Å². The summed E-state index contributed by atoms with van der Waals surface area (Å²) in [5.41, 5.74) is 3.88. The lowest BCUT2D eigenvalue weighted by Crippen LogP contribution is -2.42. The van der Waals surface area contributed by atoms with Crippen molar-refractivity contribution in [2.45, 2.75) is 30.8 Å². The second-order valence-corrected chi connectivity index (χ2v) is 11.1. The molecule has 3 heterocycles. The van der Waals surface area contributed by atoms with Crippen molar-refractivity contribution in [3.8, 4) is 5.88 Å². The van der Waals surface area contributed by atoms with Crippen LogP contribution in [0.5, 0.6) is 5.88 Å². The van der Waals surface area contributed by atoms with Crippen molar-refractivity contribution in [1.29, 1.82) is 0 Å². The van der Waals surface area contributed by atoms with Crippen LogP contribution in [0.15, 0.2) is 109 Å². The number of hydrogen-bond donors (Lipinski definition) is 2. The zero-order chi connectivity index (χ0) is 28.4. The molecule has 0 bridgehead atoms. The van der Waals surface area contributed by atoms with Crippen LogP contribution in [-0.2, 0) is 5.60 Å². The van der Waals surface area contributed by atoms with Crippen LogP contribution >= 0.6 is 11.6 Å². The fraction of sp³-hybridized carbons (Fsp3) is 0.235. The molecule has 1 fully saturated rings. The number of benzene rings is 2. The number of piperidine rings is 1. The van der Waals surface area contributed by atoms with Crippen molar-refractivity contribution in [3.63, 3.8) is 0 Å². The van der Waals surface area contributed by atoms with Gasteiger partial charge in [-0.05, 0) is 78.4 Å². The van der Waals surface area contributed by atoms with E-state index in [1.54, 1.807) is 18.3 Å². The molecule has 1 aliphatic carbocycles. The number of allylic oxidation sites excluding steroid dienone is 6. The Hall–Kier alpha value is -3.97. The molecule has 6 rings (SSSR count). The smallest absolute Gasteiger partial charge is 0.335 e. The van der Waals surface area contributed by atoms with E-state index in [1.807, 2.05) is 66.8 Å². The van der Waals surface area contributed by atoms with Crippen LogP contribution in [0.25, 0.3) is 5.57 Å². The molecule has 1 aromatic heterocycles. The Kier molecular flexibility index (Phi) is 7.63. The number of likely N-dealkylation sites (tertiary alicyclic amines) is 1. The Morgan fingerprint density at radius 2 is 1.88 bits per heavy atom. The molecule has 0 amide bonds. The highest BCUT2D eigenvalue weighted by Gasteiger charge is 2.34. The van der Waals surface area contributed by atoms with E-state index in [4.69, 9.17) is 16.3 Å². The van der Waals surface area contributed by atoms with Gasteiger partial charge in [-0.25, -0.2) is 9.78 Å². The lowest BCUT2D eigenvalue weighted by molar-refractivity contribution is -0.0254. The number of carboxylic acids is 1. The fourth-order valence-electron chi connectivity index (χ4n) is 5.90. The minimum atomic E-state index is -0.953. The third kappa shape index (κ3) is 5.64. The van der Waals surface area contributed by atoms with Crippen LogP contribution in [0.1, 0.15) is 52.2 Å². The molecule has 2 N–H and O–H groups in total. The van der Waals surface area contributed by atoms with Gasteiger partial charge in [0.2, 0.25) is 5.88 Å². The van der Waals surface area contributed by atoms with Crippen LogP contribution in [0, 0.1) is 0 Å². The Morgan fingerprint density at radius 1 is 1.10 bits per heavy atom. The Balaban J connectivity index is 1.24. The first-order valence-electron chi connectivity index (χ1n) is 13.9. The van der Waals surface area contributed by atoms with Crippen LogP contribution in [0.2, 0.25) is 5.02 Å². The van der Waals surface area contributed by atoms with E-state index in [0.29, 0.717) is 29.5 Å². The molecule has 1 saturated heterocycles. The van der Waals surface area contributed by atoms with Crippen molar-refractivity contribution in [2.24, 2.45) is 0 Å². The van der Waals surface area contributed by atoms with E-state index in [0.717, 1.165) is 53.9 Å². The molecule has 2 aromatic carbocycles. The molecule has 208 valence electrons. The summed E-state index contributed by atoms with van der Waals surface area (Å²) in [5, 5.41) is 21.8.